The molecule has 1 N–H and O–H groups in total. The lowest BCUT2D eigenvalue weighted by atomic mass is 10.0. The van der Waals surface area contributed by atoms with E-state index >= 15 is 0 Å². The molecule has 2 heterocycles. The number of halogens is 2. The molecule has 0 saturated carbocycles. The highest BCUT2D eigenvalue weighted by Gasteiger charge is 2.15. The van der Waals surface area contributed by atoms with Crippen LogP contribution >= 0.6 is 0 Å². The molecular formula is C27H21F2N5O. The standard InChI is InChI=1S/C27H21F2N5O/c1-34-15-22(31-16-34)12-13-30-27(35)19-6-11-23-24(14-19)33-26(18-4-9-21(29)10-5-18)25(32-23)17-2-7-20(28)8-3-17/h2-11,14-16H,12-13H2,1H3,(H,30,35). The Hall–Kier alpha value is -4.46. The zero-order valence-electron chi connectivity index (χ0n) is 18.9. The molecule has 6 nitrogen and oxygen atoms in total. The van der Waals surface area contributed by atoms with Gasteiger partial charge in [0.05, 0.1) is 34.4 Å². The van der Waals surface area contributed by atoms with Crippen LogP contribution in [0, 0.1) is 11.6 Å². The summed E-state index contributed by atoms with van der Waals surface area (Å²) < 4.78 is 28.9. The Morgan fingerprint density at radius 2 is 1.46 bits per heavy atom. The average Bonchev–Trinajstić information content (AvgIpc) is 3.28. The van der Waals surface area contributed by atoms with Gasteiger partial charge in [-0.15, -0.1) is 0 Å². The highest BCUT2D eigenvalue weighted by atomic mass is 19.1. The van der Waals surface area contributed by atoms with E-state index in [4.69, 9.17) is 9.97 Å². The van der Waals surface area contributed by atoms with Gasteiger partial charge in [-0.25, -0.2) is 23.7 Å². The highest BCUT2D eigenvalue weighted by Crippen LogP contribution is 2.31. The Balaban J connectivity index is 1.48. The van der Waals surface area contributed by atoms with Crippen LogP contribution in [0.3, 0.4) is 0 Å². The molecule has 35 heavy (non-hydrogen) atoms. The number of imidazole rings is 1. The second-order valence-electron chi connectivity index (χ2n) is 8.17. The number of aromatic nitrogens is 4. The lowest BCUT2D eigenvalue weighted by Gasteiger charge is -2.12. The highest BCUT2D eigenvalue weighted by molar-refractivity contribution is 5.98. The third kappa shape index (κ3) is 4.91. The monoisotopic (exact) mass is 469 g/mol. The van der Waals surface area contributed by atoms with Gasteiger partial charge < -0.3 is 9.88 Å². The number of carbonyl (C=O) groups is 1. The first kappa shape index (κ1) is 22.3. The number of benzene rings is 3. The van der Waals surface area contributed by atoms with Crippen molar-refractivity contribution < 1.29 is 13.6 Å². The third-order valence-electron chi connectivity index (χ3n) is 5.59. The fraction of sp³-hybridized carbons (Fsp3) is 0.111. The van der Waals surface area contributed by atoms with Crippen LogP contribution in [0.5, 0.6) is 0 Å². The first-order valence-corrected chi connectivity index (χ1v) is 11.0. The van der Waals surface area contributed by atoms with Crippen molar-refractivity contribution in [3.05, 3.63) is 102 Å². The van der Waals surface area contributed by atoms with Crippen LogP contribution in [0.4, 0.5) is 8.78 Å². The molecule has 0 spiro atoms. The van der Waals surface area contributed by atoms with Gasteiger partial charge in [0.25, 0.3) is 5.91 Å². The number of hydrogen-bond donors (Lipinski definition) is 1. The van der Waals surface area contributed by atoms with Crippen LogP contribution in [-0.4, -0.2) is 32.0 Å². The summed E-state index contributed by atoms with van der Waals surface area (Å²) in [6.45, 7) is 0.448. The summed E-state index contributed by atoms with van der Waals surface area (Å²) in [7, 11) is 1.90. The molecule has 0 aliphatic heterocycles. The van der Waals surface area contributed by atoms with Crippen LogP contribution in [-0.2, 0) is 13.5 Å². The van der Waals surface area contributed by atoms with Crippen LogP contribution in [0.15, 0.2) is 79.3 Å². The second-order valence-corrected chi connectivity index (χ2v) is 8.17. The number of rotatable bonds is 6. The zero-order valence-corrected chi connectivity index (χ0v) is 18.9. The molecule has 0 aliphatic carbocycles. The van der Waals surface area contributed by atoms with Gasteiger partial charge in [-0.2, -0.15) is 0 Å². The zero-order chi connectivity index (χ0) is 24.4. The molecule has 0 unspecified atom stereocenters. The summed E-state index contributed by atoms with van der Waals surface area (Å²) >= 11 is 0. The van der Waals surface area contributed by atoms with Crippen molar-refractivity contribution in [1.29, 1.82) is 0 Å². The number of hydrogen-bond acceptors (Lipinski definition) is 4. The summed E-state index contributed by atoms with van der Waals surface area (Å²) in [4.78, 5) is 26.5. The first-order valence-electron chi connectivity index (χ1n) is 11.0. The van der Waals surface area contributed by atoms with E-state index in [1.165, 1.54) is 24.3 Å². The smallest absolute Gasteiger partial charge is 0.251 e. The molecule has 0 bridgehead atoms. The Morgan fingerprint density at radius 1 is 0.857 bits per heavy atom. The minimum Gasteiger partial charge on any atom is -0.352 e. The number of amides is 1. The second kappa shape index (κ2) is 9.42. The number of aryl methyl sites for hydroxylation is 1. The van der Waals surface area contributed by atoms with Crippen LogP contribution < -0.4 is 5.32 Å². The molecule has 174 valence electrons. The minimum atomic E-state index is -0.365. The van der Waals surface area contributed by atoms with Gasteiger partial charge in [-0.05, 0) is 66.7 Å². The SMILES string of the molecule is Cn1cnc(CCNC(=O)c2ccc3nc(-c4ccc(F)cc4)c(-c4ccc(F)cc4)nc3c2)c1. The lowest BCUT2D eigenvalue weighted by Crippen LogP contribution is -2.25. The number of carbonyl (C=O) groups excluding carboxylic acids is 1. The van der Waals surface area contributed by atoms with Crippen molar-refractivity contribution in [3.63, 3.8) is 0 Å². The maximum Gasteiger partial charge on any atom is 0.251 e. The van der Waals surface area contributed by atoms with Gasteiger partial charge in [-0.1, -0.05) is 0 Å². The van der Waals surface area contributed by atoms with E-state index in [0.717, 1.165) is 5.69 Å². The molecule has 2 aromatic heterocycles. The predicted octanol–water partition coefficient (Wildman–Crippen LogP) is 4.95. The van der Waals surface area contributed by atoms with Crippen molar-refractivity contribution >= 4 is 16.9 Å². The molecule has 0 atom stereocenters. The number of nitrogens with one attached hydrogen (secondary N) is 1. The minimum absolute atomic E-state index is 0.226. The van der Waals surface area contributed by atoms with E-state index in [1.54, 1.807) is 48.8 Å². The van der Waals surface area contributed by atoms with E-state index in [0.29, 0.717) is 52.1 Å². The Labute approximate surface area is 200 Å². The molecule has 5 rings (SSSR count). The molecule has 5 aromatic rings. The Morgan fingerprint density at radius 3 is 2.03 bits per heavy atom. The van der Waals surface area contributed by atoms with Gasteiger partial charge in [0.2, 0.25) is 0 Å². The maximum absolute atomic E-state index is 13.5. The van der Waals surface area contributed by atoms with E-state index in [9.17, 15) is 13.6 Å². The predicted molar refractivity (Wildman–Crippen MR) is 130 cm³/mol. The normalized spacial score (nSPS) is 11.1. The Kier molecular flexibility index (Phi) is 6.01. The van der Waals surface area contributed by atoms with Crippen molar-refractivity contribution in [2.45, 2.75) is 6.42 Å². The molecule has 0 radical (unpaired) electrons. The fourth-order valence-electron chi connectivity index (χ4n) is 3.82. The van der Waals surface area contributed by atoms with Gasteiger partial charge in [0.15, 0.2) is 0 Å². The van der Waals surface area contributed by atoms with Gasteiger partial charge >= 0.3 is 0 Å². The third-order valence-corrected chi connectivity index (χ3v) is 5.59. The molecule has 0 aliphatic rings. The quantitative estimate of drug-likeness (QED) is 0.382. The van der Waals surface area contributed by atoms with Crippen LogP contribution in [0.1, 0.15) is 16.1 Å². The van der Waals surface area contributed by atoms with Crippen molar-refractivity contribution in [3.8, 4) is 22.5 Å². The van der Waals surface area contributed by atoms with E-state index < -0.39 is 0 Å². The average molecular weight is 469 g/mol. The molecule has 0 saturated heterocycles. The van der Waals surface area contributed by atoms with E-state index in [1.807, 2.05) is 17.8 Å². The Bertz CT molecular complexity index is 1510. The first-order chi connectivity index (χ1) is 17.0. The molecule has 8 heteroatoms. The summed E-state index contributed by atoms with van der Waals surface area (Å²) in [5.41, 5.74) is 4.84. The van der Waals surface area contributed by atoms with Gasteiger partial charge in [0, 0.05) is 42.9 Å². The lowest BCUT2D eigenvalue weighted by molar-refractivity contribution is 0.0954. The summed E-state index contributed by atoms with van der Waals surface area (Å²) in [6, 6.07) is 17.0. The van der Waals surface area contributed by atoms with Crippen molar-refractivity contribution in [1.82, 2.24) is 24.8 Å². The molecule has 0 fully saturated rings. The summed E-state index contributed by atoms with van der Waals surface area (Å²) in [6.07, 6.45) is 4.25. The summed E-state index contributed by atoms with van der Waals surface area (Å²) in [5.74, 6) is -0.949. The summed E-state index contributed by atoms with van der Waals surface area (Å²) in [5, 5.41) is 2.90. The van der Waals surface area contributed by atoms with Crippen LogP contribution in [0.2, 0.25) is 0 Å². The maximum atomic E-state index is 13.5. The molecule has 1 amide bonds. The van der Waals surface area contributed by atoms with Crippen molar-refractivity contribution in [2.24, 2.45) is 7.05 Å². The van der Waals surface area contributed by atoms with Gasteiger partial charge in [-0.3, -0.25) is 4.79 Å². The topological polar surface area (TPSA) is 72.7 Å². The van der Waals surface area contributed by atoms with Crippen molar-refractivity contribution in [2.75, 3.05) is 6.54 Å². The number of nitrogens with zero attached hydrogens (tertiary/aromatic N) is 4. The number of fused-ring (bicyclic) bond motifs is 1. The molecular weight excluding hydrogens is 448 g/mol. The van der Waals surface area contributed by atoms with E-state index in [2.05, 4.69) is 10.3 Å². The fourth-order valence-corrected chi connectivity index (χ4v) is 3.82. The largest absolute Gasteiger partial charge is 0.352 e. The van der Waals surface area contributed by atoms with Gasteiger partial charge in [0.1, 0.15) is 11.6 Å². The van der Waals surface area contributed by atoms with Crippen LogP contribution in [0.25, 0.3) is 33.5 Å². The van der Waals surface area contributed by atoms with E-state index in [-0.39, 0.29) is 17.5 Å². The molecule has 3 aromatic carbocycles.